The number of pyridine rings is 2. The molecule has 0 aliphatic heterocycles. The van der Waals surface area contributed by atoms with E-state index in [4.69, 9.17) is 0 Å². The Hall–Kier alpha value is -3.84. The highest BCUT2D eigenvalue weighted by atomic mass is 32.1. The van der Waals surface area contributed by atoms with Gasteiger partial charge in [0, 0.05) is 47.8 Å². The molecule has 1 N–H and O–H groups in total. The molecule has 0 unspecified atom stereocenters. The third-order valence-corrected chi connectivity index (χ3v) is 9.96. The Morgan fingerprint density at radius 1 is 0.523 bits per heavy atom. The largest absolute Gasteiger partial charge is 0.359 e. The van der Waals surface area contributed by atoms with E-state index in [2.05, 4.69) is 142 Å². The number of nitrogens with one attached hydrogen (secondary N) is 1. The Bertz CT molecular complexity index is 1860. The summed E-state index contributed by atoms with van der Waals surface area (Å²) in [5.41, 5.74) is 8.57. The second-order valence-corrected chi connectivity index (χ2v) is 15.2. The zero-order chi connectivity index (χ0) is 31.4. The highest BCUT2D eigenvalue weighted by Crippen LogP contribution is 2.26. The lowest BCUT2D eigenvalue weighted by Gasteiger charge is -1.90. The molecule has 0 spiro atoms. The lowest BCUT2D eigenvalue weighted by Crippen LogP contribution is -1.75. The third-order valence-electron chi connectivity index (χ3n) is 6.98. The average Bonchev–Trinajstić information content (AvgIpc) is 3.71. The molecule has 8 rings (SSSR count). The molecule has 6 heteroatoms. The van der Waals surface area contributed by atoms with Crippen LogP contribution in [0.5, 0.6) is 0 Å². The molecule has 44 heavy (non-hydrogen) atoms. The zero-order valence-corrected chi connectivity index (χ0v) is 29.2. The number of aromatic nitrogens is 3. The highest BCUT2D eigenvalue weighted by molar-refractivity contribution is 7.19. The Labute approximate surface area is 272 Å². The zero-order valence-electron chi connectivity index (χ0n) is 26.7. The summed E-state index contributed by atoms with van der Waals surface area (Å²) in [6.45, 7) is 16.8. The van der Waals surface area contributed by atoms with E-state index in [1.165, 1.54) is 68.1 Å². The Morgan fingerprint density at radius 2 is 1.18 bits per heavy atom. The van der Waals surface area contributed by atoms with Gasteiger partial charge in [-0.25, -0.2) is 4.98 Å². The summed E-state index contributed by atoms with van der Waals surface area (Å²) in [4.78, 5) is 17.2. The van der Waals surface area contributed by atoms with Crippen molar-refractivity contribution in [2.24, 2.45) is 0 Å². The maximum Gasteiger partial charge on any atom is 0.123 e. The first-order chi connectivity index (χ1) is 21.0. The van der Waals surface area contributed by atoms with Crippen molar-refractivity contribution in [1.82, 2.24) is 15.0 Å². The molecule has 0 aliphatic rings. The minimum absolute atomic E-state index is 1.10. The number of aromatic amines is 1. The predicted octanol–water partition coefficient (Wildman–Crippen LogP) is 12.1. The van der Waals surface area contributed by atoms with Gasteiger partial charge in [-0.05, 0) is 126 Å². The summed E-state index contributed by atoms with van der Waals surface area (Å²) in [6, 6.07) is 28.1. The van der Waals surface area contributed by atoms with Crippen LogP contribution in [0.25, 0.3) is 41.4 Å². The van der Waals surface area contributed by atoms with Crippen molar-refractivity contribution >= 4 is 75.4 Å². The molecule has 2 aromatic carbocycles. The third kappa shape index (κ3) is 8.20. The first kappa shape index (κ1) is 31.6. The van der Waals surface area contributed by atoms with Crippen LogP contribution < -0.4 is 0 Å². The minimum atomic E-state index is 1.10. The second kappa shape index (κ2) is 13.9. The van der Waals surface area contributed by atoms with E-state index in [1.54, 1.807) is 22.7 Å². The van der Waals surface area contributed by atoms with Crippen LogP contribution in [0, 0.1) is 55.4 Å². The average molecular weight is 634 g/mol. The lowest BCUT2D eigenvalue weighted by atomic mass is 10.2. The SMILES string of the molecule is Cc1ccc2[nH]c(C)cc2c1.Cc1ccc2cc(C)sc2n1.Cc1ccc2sc(C)cc2c1.Cc1cnc2cc(C)sc2c1. The van der Waals surface area contributed by atoms with Crippen LogP contribution in [0.3, 0.4) is 0 Å². The van der Waals surface area contributed by atoms with Crippen molar-refractivity contribution in [3.05, 3.63) is 128 Å². The Morgan fingerprint density at radius 3 is 1.98 bits per heavy atom. The van der Waals surface area contributed by atoms with Gasteiger partial charge in [-0.1, -0.05) is 35.4 Å². The predicted molar refractivity (Wildman–Crippen MR) is 197 cm³/mol. The van der Waals surface area contributed by atoms with Crippen LogP contribution in [0.1, 0.15) is 42.7 Å². The smallest absolute Gasteiger partial charge is 0.123 e. The van der Waals surface area contributed by atoms with Crippen molar-refractivity contribution in [3.8, 4) is 0 Å². The fraction of sp³-hybridized carbons (Fsp3) is 0.211. The lowest BCUT2D eigenvalue weighted by molar-refractivity contribution is 1.27. The number of hydrogen-bond donors (Lipinski definition) is 1. The number of aryl methyl sites for hydroxylation is 8. The van der Waals surface area contributed by atoms with E-state index in [9.17, 15) is 0 Å². The van der Waals surface area contributed by atoms with Gasteiger partial charge in [-0.3, -0.25) is 4.98 Å². The fourth-order valence-corrected chi connectivity index (χ4v) is 7.78. The molecule has 0 amide bonds. The molecule has 6 heterocycles. The summed E-state index contributed by atoms with van der Waals surface area (Å²) in [6.07, 6.45) is 1.91. The maximum atomic E-state index is 4.42. The van der Waals surface area contributed by atoms with Gasteiger partial charge < -0.3 is 4.98 Å². The molecule has 0 bridgehead atoms. The molecular formula is C38H39N3S3. The fourth-order valence-electron chi connectivity index (χ4n) is 4.97. The number of thiophene rings is 3. The number of H-pyrrole nitrogens is 1. The van der Waals surface area contributed by atoms with Crippen molar-refractivity contribution in [2.75, 3.05) is 0 Å². The van der Waals surface area contributed by atoms with Gasteiger partial charge >= 0.3 is 0 Å². The summed E-state index contributed by atoms with van der Waals surface area (Å²) < 4.78 is 2.69. The van der Waals surface area contributed by atoms with Gasteiger partial charge in [0.05, 0.1) is 10.2 Å². The molecule has 0 atom stereocenters. The normalized spacial score (nSPS) is 10.7. The topological polar surface area (TPSA) is 41.6 Å². The van der Waals surface area contributed by atoms with E-state index in [-0.39, 0.29) is 0 Å². The number of rotatable bonds is 0. The molecule has 8 aromatic rings. The van der Waals surface area contributed by atoms with Gasteiger partial charge in [-0.15, -0.1) is 34.0 Å². The van der Waals surface area contributed by atoms with Crippen molar-refractivity contribution in [1.29, 1.82) is 0 Å². The number of fused-ring (bicyclic) bond motifs is 4. The summed E-state index contributed by atoms with van der Waals surface area (Å²) >= 11 is 5.42. The van der Waals surface area contributed by atoms with Gasteiger partial charge in [0.25, 0.3) is 0 Å². The van der Waals surface area contributed by atoms with Crippen LogP contribution in [0.15, 0.2) is 85.1 Å². The van der Waals surface area contributed by atoms with Gasteiger partial charge in [-0.2, -0.15) is 0 Å². The summed E-state index contributed by atoms with van der Waals surface area (Å²) in [7, 11) is 0. The summed E-state index contributed by atoms with van der Waals surface area (Å²) in [5, 5.41) is 3.95. The van der Waals surface area contributed by atoms with Crippen LogP contribution >= 0.6 is 34.0 Å². The van der Waals surface area contributed by atoms with Crippen LogP contribution in [0.2, 0.25) is 0 Å². The molecule has 0 saturated carbocycles. The van der Waals surface area contributed by atoms with Gasteiger partial charge in [0.2, 0.25) is 0 Å². The number of hydrogen-bond acceptors (Lipinski definition) is 5. The van der Waals surface area contributed by atoms with Crippen LogP contribution in [-0.2, 0) is 0 Å². The molecule has 3 nitrogen and oxygen atoms in total. The van der Waals surface area contributed by atoms with E-state index < -0.39 is 0 Å². The van der Waals surface area contributed by atoms with Crippen molar-refractivity contribution < 1.29 is 0 Å². The Kier molecular flexibility index (Phi) is 9.94. The van der Waals surface area contributed by atoms with E-state index in [1.807, 2.05) is 24.5 Å². The first-order valence-electron chi connectivity index (χ1n) is 14.7. The van der Waals surface area contributed by atoms with Crippen LogP contribution in [-0.4, -0.2) is 15.0 Å². The van der Waals surface area contributed by atoms with E-state index in [0.29, 0.717) is 0 Å². The number of nitrogens with zero attached hydrogens (tertiary/aromatic N) is 2. The Balaban J connectivity index is 0.000000116. The highest BCUT2D eigenvalue weighted by Gasteiger charge is 2.00. The quantitative estimate of drug-likeness (QED) is 0.180. The van der Waals surface area contributed by atoms with E-state index >= 15 is 0 Å². The molecular weight excluding hydrogens is 595 g/mol. The molecule has 224 valence electrons. The standard InChI is InChI=1S/C10H11N.C10H10S.2C9H9NS/c2*1-7-3-4-10-9(5-7)6-8(2)11-10;1-6-3-9-8(10-5-6)4-7(2)11-9;1-6-3-4-8-5-7(2)11-9(8)10-6/h3-6,11H,1-2H3;3-6H,1-2H3;2*3-5H,1-2H3. The molecule has 0 saturated heterocycles. The molecule has 6 aromatic heterocycles. The second-order valence-electron chi connectivity index (χ2n) is 11.4. The molecule has 0 radical (unpaired) electrons. The van der Waals surface area contributed by atoms with Crippen molar-refractivity contribution in [2.45, 2.75) is 55.4 Å². The maximum absolute atomic E-state index is 4.42. The van der Waals surface area contributed by atoms with Gasteiger partial charge in [0.1, 0.15) is 4.83 Å². The number of benzene rings is 2. The molecule has 0 fully saturated rings. The summed E-state index contributed by atoms with van der Waals surface area (Å²) in [5.74, 6) is 0. The molecule has 0 aliphatic carbocycles. The minimum Gasteiger partial charge on any atom is -0.359 e. The van der Waals surface area contributed by atoms with Crippen LogP contribution in [0.4, 0.5) is 0 Å². The monoisotopic (exact) mass is 633 g/mol. The first-order valence-corrected chi connectivity index (χ1v) is 17.2. The van der Waals surface area contributed by atoms with Crippen molar-refractivity contribution in [3.63, 3.8) is 0 Å². The van der Waals surface area contributed by atoms with E-state index in [0.717, 1.165) is 16.0 Å². The van der Waals surface area contributed by atoms with Gasteiger partial charge in [0.15, 0.2) is 0 Å².